The third kappa shape index (κ3) is 4.38. The number of nitro benzene ring substituents is 1. The van der Waals surface area contributed by atoms with E-state index in [1.54, 1.807) is 18.2 Å². The van der Waals surface area contributed by atoms with E-state index >= 15 is 0 Å². The van der Waals surface area contributed by atoms with Crippen molar-refractivity contribution in [2.45, 2.75) is 33.3 Å². The molecule has 2 N–H and O–H groups in total. The predicted molar refractivity (Wildman–Crippen MR) is 81.5 cm³/mol. The van der Waals surface area contributed by atoms with E-state index in [4.69, 9.17) is 4.74 Å². The molecule has 0 aliphatic heterocycles. The monoisotopic (exact) mass is 281 g/mol. The lowest BCUT2D eigenvalue weighted by atomic mass is 10.1. The van der Waals surface area contributed by atoms with Gasteiger partial charge in [0, 0.05) is 19.7 Å². The second kappa shape index (κ2) is 7.09. The maximum Gasteiger partial charge on any atom is 0.315 e. The molecule has 0 heterocycles. The minimum absolute atomic E-state index is 0.0710. The summed E-state index contributed by atoms with van der Waals surface area (Å²) in [5.74, 6) is 0. The summed E-state index contributed by atoms with van der Waals surface area (Å²) in [6, 6.07) is 5.21. The first-order chi connectivity index (χ1) is 9.41. The molecule has 112 valence electrons. The number of para-hydroxylation sites is 1. The summed E-state index contributed by atoms with van der Waals surface area (Å²) in [5, 5.41) is 17.4. The Kier molecular flexibility index (Phi) is 5.76. The number of anilines is 2. The Morgan fingerprint density at radius 2 is 1.85 bits per heavy atom. The molecular formula is C14H23N3O3. The van der Waals surface area contributed by atoms with Crippen LogP contribution in [0.4, 0.5) is 17.1 Å². The highest BCUT2D eigenvalue weighted by atomic mass is 16.6. The molecule has 0 saturated heterocycles. The Balaban J connectivity index is 2.94. The molecule has 6 nitrogen and oxygen atoms in total. The number of nitrogens with zero attached hydrogens (tertiary/aromatic N) is 1. The second-order valence-corrected chi connectivity index (χ2v) is 5.04. The molecule has 0 spiro atoms. The number of nitro groups is 1. The van der Waals surface area contributed by atoms with Gasteiger partial charge in [-0.25, -0.2) is 0 Å². The quantitative estimate of drug-likeness (QED) is 0.565. The Hall–Kier alpha value is -1.82. The molecule has 1 aromatic carbocycles. The molecule has 0 fully saturated rings. The van der Waals surface area contributed by atoms with Gasteiger partial charge < -0.3 is 15.4 Å². The normalized spacial score (nSPS) is 11.2. The van der Waals surface area contributed by atoms with Crippen molar-refractivity contribution >= 4 is 17.1 Å². The number of benzene rings is 1. The molecular weight excluding hydrogens is 258 g/mol. The van der Waals surface area contributed by atoms with Crippen molar-refractivity contribution in [3.8, 4) is 0 Å². The van der Waals surface area contributed by atoms with E-state index in [9.17, 15) is 10.1 Å². The molecule has 0 aliphatic carbocycles. The third-order valence-corrected chi connectivity index (χ3v) is 2.83. The summed E-state index contributed by atoms with van der Waals surface area (Å²) in [6.45, 7) is 9.46. The van der Waals surface area contributed by atoms with E-state index in [0.29, 0.717) is 31.1 Å². The largest absolute Gasteiger partial charge is 0.380 e. The lowest BCUT2D eigenvalue weighted by Gasteiger charge is -2.25. The van der Waals surface area contributed by atoms with Gasteiger partial charge in [0.2, 0.25) is 0 Å². The Morgan fingerprint density at radius 1 is 1.25 bits per heavy atom. The zero-order valence-electron chi connectivity index (χ0n) is 12.5. The van der Waals surface area contributed by atoms with Crippen molar-refractivity contribution in [2.75, 3.05) is 30.3 Å². The van der Waals surface area contributed by atoms with Crippen molar-refractivity contribution in [1.82, 2.24) is 0 Å². The van der Waals surface area contributed by atoms with Crippen molar-refractivity contribution in [1.29, 1.82) is 0 Å². The number of hydrogen-bond donors (Lipinski definition) is 2. The molecule has 0 bridgehead atoms. The van der Waals surface area contributed by atoms with Gasteiger partial charge in [-0.05, 0) is 39.8 Å². The SMILES string of the molecule is CCNc1cccc(NCC(C)(C)OCC)c1[N+](=O)[O-]. The lowest BCUT2D eigenvalue weighted by molar-refractivity contribution is -0.383. The zero-order valence-corrected chi connectivity index (χ0v) is 12.5. The van der Waals surface area contributed by atoms with Gasteiger partial charge in [0.25, 0.3) is 0 Å². The topological polar surface area (TPSA) is 76.4 Å². The van der Waals surface area contributed by atoms with Crippen LogP contribution in [0.5, 0.6) is 0 Å². The van der Waals surface area contributed by atoms with Gasteiger partial charge in [-0.2, -0.15) is 0 Å². The summed E-state index contributed by atoms with van der Waals surface area (Å²) in [7, 11) is 0. The predicted octanol–water partition coefficient (Wildman–Crippen LogP) is 3.25. The molecule has 0 aromatic heterocycles. The molecule has 0 unspecified atom stereocenters. The maximum absolute atomic E-state index is 11.3. The molecule has 0 amide bonds. The Labute approximate surface area is 119 Å². The first kappa shape index (κ1) is 16.2. The molecule has 6 heteroatoms. The molecule has 1 rings (SSSR count). The fourth-order valence-corrected chi connectivity index (χ4v) is 1.97. The van der Waals surface area contributed by atoms with E-state index in [0.717, 1.165) is 0 Å². The number of hydrogen-bond acceptors (Lipinski definition) is 5. The van der Waals surface area contributed by atoms with Crippen molar-refractivity contribution in [2.24, 2.45) is 0 Å². The molecule has 1 aromatic rings. The number of nitrogens with one attached hydrogen (secondary N) is 2. The first-order valence-electron chi connectivity index (χ1n) is 6.80. The highest BCUT2D eigenvalue weighted by molar-refractivity contribution is 5.76. The molecule has 0 saturated carbocycles. The third-order valence-electron chi connectivity index (χ3n) is 2.83. The van der Waals surface area contributed by atoms with Crippen molar-refractivity contribution < 1.29 is 9.66 Å². The summed E-state index contributed by atoms with van der Waals surface area (Å²) in [5.41, 5.74) is 0.719. The van der Waals surface area contributed by atoms with Gasteiger partial charge in [-0.3, -0.25) is 10.1 Å². The average Bonchev–Trinajstić information content (AvgIpc) is 2.36. The molecule has 0 aliphatic rings. The van der Waals surface area contributed by atoms with Crippen LogP contribution < -0.4 is 10.6 Å². The smallest absolute Gasteiger partial charge is 0.315 e. The summed E-state index contributed by atoms with van der Waals surface area (Å²) in [6.07, 6.45) is 0. The number of ether oxygens (including phenoxy) is 1. The van der Waals surface area contributed by atoms with Crippen LogP contribution in [-0.2, 0) is 4.74 Å². The van der Waals surface area contributed by atoms with Crippen LogP contribution in [0.2, 0.25) is 0 Å². The van der Waals surface area contributed by atoms with E-state index in [1.165, 1.54) is 0 Å². The first-order valence-corrected chi connectivity index (χ1v) is 6.80. The highest BCUT2D eigenvalue weighted by Crippen LogP contribution is 2.33. The van der Waals surface area contributed by atoms with Crippen molar-refractivity contribution in [3.63, 3.8) is 0 Å². The maximum atomic E-state index is 11.3. The Morgan fingerprint density at radius 3 is 2.35 bits per heavy atom. The van der Waals surface area contributed by atoms with Crippen LogP contribution in [0.3, 0.4) is 0 Å². The standard InChI is InChI=1S/C14H23N3O3/c1-5-15-11-8-7-9-12(13(11)17(18)19)16-10-14(3,4)20-6-2/h7-9,15-16H,5-6,10H2,1-4H3. The minimum Gasteiger partial charge on any atom is -0.380 e. The fourth-order valence-electron chi connectivity index (χ4n) is 1.97. The van der Waals surface area contributed by atoms with Gasteiger partial charge in [-0.15, -0.1) is 0 Å². The molecule has 0 radical (unpaired) electrons. The van der Waals surface area contributed by atoms with Gasteiger partial charge in [0.15, 0.2) is 0 Å². The zero-order chi connectivity index (χ0) is 15.2. The Bertz CT molecular complexity index is 461. The van der Waals surface area contributed by atoms with Crippen molar-refractivity contribution in [3.05, 3.63) is 28.3 Å². The van der Waals surface area contributed by atoms with Crippen LogP contribution in [0.15, 0.2) is 18.2 Å². The summed E-state index contributed by atoms with van der Waals surface area (Å²) < 4.78 is 5.58. The summed E-state index contributed by atoms with van der Waals surface area (Å²) >= 11 is 0. The van der Waals surface area contributed by atoms with Crippen LogP contribution in [0, 0.1) is 10.1 Å². The van der Waals surface area contributed by atoms with Crippen LogP contribution in [-0.4, -0.2) is 30.2 Å². The van der Waals surface area contributed by atoms with Crippen LogP contribution in [0.25, 0.3) is 0 Å². The van der Waals surface area contributed by atoms with E-state index in [2.05, 4.69) is 10.6 Å². The molecule has 0 atom stereocenters. The van der Waals surface area contributed by atoms with E-state index in [-0.39, 0.29) is 16.2 Å². The van der Waals surface area contributed by atoms with Gasteiger partial charge >= 0.3 is 5.69 Å². The molecule has 20 heavy (non-hydrogen) atoms. The van der Waals surface area contributed by atoms with Gasteiger partial charge in [0.05, 0.1) is 10.5 Å². The second-order valence-electron chi connectivity index (χ2n) is 5.04. The van der Waals surface area contributed by atoms with Gasteiger partial charge in [-0.1, -0.05) is 6.07 Å². The number of rotatable bonds is 8. The van der Waals surface area contributed by atoms with E-state index in [1.807, 2.05) is 27.7 Å². The van der Waals surface area contributed by atoms with E-state index < -0.39 is 0 Å². The lowest BCUT2D eigenvalue weighted by Crippen LogP contribution is -2.33. The van der Waals surface area contributed by atoms with Crippen LogP contribution >= 0.6 is 0 Å². The fraction of sp³-hybridized carbons (Fsp3) is 0.571. The highest BCUT2D eigenvalue weighted by Gasteiger charge is 2.22. The van der Waals surface area contributed by atoms with Gasteiger partial charge in [0.1, 0.15) is 11.4 Å². The van der Waals surface area contributed by atoms with Crippen LogP contribution in [0.1, 0.15) is 27.7 Å². The summed E-state index contributed by atoms with van der Waals surface area (Å²) in [4.78, 5) is 10.9. The minimum atomic E-state index is -0.378. The average molecular weight is 281 g/mol.